The maximum atomic E-state index is 12.0. The van der Waals surface area contributed by atoms with Crippen molar-refractivity contribution in [3.05, 3.63) is 0 Å². The minimum Gasteiger partial charge on any atom is -0.376 e. The zero-order chi connectivity index (χ0) is 14.5. The van der Waals surface area contributed by atoms with Crippen molar-refractivity contribution in [1.29, 1.82) is 0 Å². The van der Waals surface area contributed by atoms with Gasteiger partial charge in [0.15, 0.2) is 0 Å². The van der Waals surface area contributed by atoms with Crippen LogP contribution in [-0.4, -0.2) is 61.8 Å². The van der Waals surface area contributed by atoms with Crippen LogP contribution in [0.1, 0.15) is 32.6 Å². The van der Waals surface area contributed by atoms with Gasteiger partial charge in [-0.05, 0) is 32.6 Å². The molecule has 1 N–H and O–H groups in total. The Hall–Kier alpha value is -1.14. The van der Waals surface area contributed by atoms with Gasteiger partial charge in [0, 0.05) is 20.2 Å². The van der Waals surface area contributed by atoms with Crippen molar-refractivity contribution >= 4 is 11.8 Å². The van der Waals surface area contributed by atoms with E-state index in [-0.39, 0.29) is 17.9 Å². The minimum absolute atomic E-state index is 0.0267. The van der Waals surface area contributed by atoms with E-state index in [4.69, 9.17) is 9.47 Å². The molecule has 0 aromatic rings. The second-order valence-corrected chi connectivity index (χ2v) is 5.57. The van der Waals surface area contributed by atoms with Crippen LogP contribution in [0.5, 0.6) is 0 Å². The summed E-state index contributed by atoms with van der Waals surface area (Å²) in [6, 6.07) is -0.399. The molecule has 2 aliphatic rings. The molecule has 0 spiro atoms. The SMILES string of the molecule is CC(OCC1CCCCO1)C(=O)NC1CCN(C)C1=O. The molecule has 0 aromatic carbocycles. The third-order valence-electron chi connectivity index (χ3n) is 3.92. The van der Waals surface area contributed by atoms with Crippen LogP contribution in [0.4, 0.5) is 0 Å². The monoisotopic (exact) mass is 284 g/mol. The summed E-state index contributed by atoms with van der Waals surface area (Å²) in [5.74, 6) is -0.254. The molecule has 6 heteroatoms. The van der Waals surface area contributed by atoms with Crippen molar-refractivity contribution < 1.29 is 19.1 Å². The number of carbonyl (C=O) groups is 2. The van der Waals surface area contributed by atoms with Crippen LogP contribution in [0.2, 0.25) is 0 Å². The lowest BCUT2D eigenvalue weighted by Gasteiger charge is -2.24. The zero-order valence-electron chi connectivity index (χ0n) is 12.3. The molecule has 2 fully saturated rings. The number of carbonyl (C=O) groups excluding carboxylic acids is 2. The number of nitrogens with zero attached hydrogens (tertiary/aromatic N) is 1. The smallest absolute Gasteiger partial charge is 0.249 e. The van der Waals surface area contributed by atoms with Crippen LogP contribution < -0.4 is 5.32 Å². The first kappa shape index (κ1) is 15.3. The molecular formula is C14H24N2O4. The van der Waals surface area contributed by atoms with E-state index in [0.29, 0.717) is 19.6 Å². The predicted octanol–water partition coefficient (Wildman–Crippen LogP) is 0.308. The van der Waals surface area contributed by atoms with Crippen molar-refractivity contribution in [2.75, 3.05) is 26.8 Å². The quantitative estimate of drug-likeness (QED) is 0.789. The van der Waals surface area contributed by atoms with Crippen molar-refractivity contribution in [2.45, 2.75) is 50.9 Å². The molecule has 2 aliphatic heterocycles. The first-order valence-electron chi connectivity index (χ1n) is 7.36. The lowest BCUT2D eigenvalue weighted by Crippen LogP contribution is -2.45. The van der Waals surface area contributed by atoms with E-state index in [0.717, 1.165) is 25.9 Å². The predicted molar refractivity (Wildman–Crippen MR) is 73.2 cm³/mol. The lowest BCUT2D eigenvalue weighted by atomic mass is 10.1. The van der Waals surface area contributed by atoms with Gasteiger partial charge in [-0.15, -0.1) is 0 Å². The zero-order valence-corrected chi connectivity index (χ0v) is 12.3. The van der Waals surface area contributed by atoms with Crippen LogP contribution in [0, 0.1) is 0 Å². The first-order chi connectivity index (χ1) is 9.58. The third kappa shape index (κ3) is 3.93. The lowest BCUT2D eigenvalue weighted by molar-refractivity contribution is -0.139. The van der Waals surface area contributed by atoms with Gasteiger partial charge in [0.05, 0.1) is 12.7 Å². The molecule has 114 valence electrons. The highest BCUT2D eigenvalue weighted by Crippen LogP contribution is 2.14. The molecule has 6 nitrogen and oxygen atoms in total. The Morgan fingerprint density at radius 1 is 1.50 bits per heavy atom. The van der Waals surface area contributed by atoms with Crippen molar-refractivity contribution in [3.63, 3.8) is 0 Å². The molecular weight excluding hydrogens is 260 g/mol. The molecule has 0 aliphatic carbocycles. The van der Waals surface area contributed by atoms with Crippen LogP contribution in [0.25, 0.3) is 0 Å². The summed E-state index contributed by atoms with van der Waals surface area (Å²) < 4.78 is 11.1. The Labute approximate surface area is 119 Å². The van der Waals surface area contributed by atoms with Crippen molar-refractivity contribution in [1.82, 2.24) is 10.2 Å². The summed E-state index contributed by atoms with van der Waals surface area (Å²) >= 11 is 0. The Balaban J connectivity index is 1.70. The first-order valence-corrected chi connectivity index (χ1v) is 7.36. The highest BCUT2D eigenvalue weighted by atomic mass is 16.5. The maximum absolute atomic E-state index is 12.0. The van der Waals surface area contributed by atoms with Crippen LogP contribution in [-0.2, 0) is 19.1 Å². The summed E-state index contributed by atoms with van der Waals surface area (Å²) in [4.78, 5) is 25.3. The van der Waals surface area contributed by atoms with Crippen molar-refractivity contribution in [2.24, 2.45) is 0 Å². The average Bonchev–Trinajstić information content (AvgIpc) is 2.78. The Bertz CT molecular complexity index is 355. The van der Waals surface area contributed by atoms with Crippen LogP contribution >= 0.6 is 0 Å². The maximum Gasteiger partial charge on any atom is 0.249 e. The van der Waals surface area contributed by atoms with Gasteiger partial charge in [0.2, 0.25) is 11.8 Å². The van der Waals surface area contributed by atoms with Gasteiger partial charge in [0.25, 0.3) is 0 Å². The fourth-order valence-electron chi connectivity index (χ4n) is 2.51. The average molecular weight is 284 g/mol. The molecule has 2 rings (SSSR count). The van der Waals surface area contributed by atoms with Gasteiger partial charge < -0.3 is 19.7 Å². The Kier molecular flexibility index (Phi) is 5.37. The molecule has 3 atom stereocenters. The Morgan fingerprint density at radius 3 is 2.90 bits per heavy atom. The van der Waals surface area contributed by atoms with Gasteiger partial charge in [-0.2, -0.15) is 0 Å². The molecule has 2 heterocycles. The minimum atomic E-state index is -0.556. The second kappa shape index (κ2) is 7.04. The molecule has 0 bridgehead atoms. The summed E-state index contributed by atoms with van der Waals surface area (Å²) in [6.07, 6.45) is 3.44. The van der Waals surface area contributed by atoms with E-state index in [1.54, 1.807) is 18.9 Å². The number of likely N-dealkylation sites (tertiary alicyclic amines) is 1. The highest BCUT2D eigenvalue weighted by Gasteiger charge is 2.31. The fraction of sp³-hybridized carbons (Fsp3) is 0.857. The van der Waals surface area contributed by atoms with E-state index in [2.05, 4.69) is 5.32 Å². The van der Waals surface area contributed by atoms with Crippen LogP contribution in [0.3, 0.4) is 0 Å². The highest BCUT2D eigenvalue weighted by molar-refractivity contribution is 5.90. The van der Waals surface area contributed by atoms with Crippen molar-refractivity contribution in [3.8, 4) is 0 Å². The molecule has 0 radical (unpaired) electrons. The van der Waals surface area contributed by atoms with Gasteiger partial charge in [-0.1, -0.05) is 0 Å². The topological polar surface area (TPSA) is 67.9 Å². The Morgan fingerprint density at radius 2 is 2.30 bits per heavy atom. The second-order valence-electron chi connectivity index (χ2n) is 5.57. The summed E-state index contributed by atoms with van der Waals surface area (Å²) in [6.45, 7) is 3.61. The van der Waals surface area contributed by atoms with E-state index in [9.17, 15) is 9.59 Å². The van der Waals surface area contributed by atoms with Gasteiger partial charge >= 0.3 is 0 Å². The molecule has 20 heavy (non-hydrogen) atoms. The molecule has 2 saturated heterocycles. The number of ether oxygens (including phenoxy) is 2. The number of rotatable bonds is 5. The van der Waals surface area contributed by atoms with Gasteiger partial charge in [0.1, 0.15) is 12.1 Å². The molecule has 0 aromatic heterocycles. The number of hydrogen-bond acceptors (Lipinski definition) is 4. The molecule has 0 saturated carbocycles. The summed E-state index contributed by atoms with van der Waals surface area (Å²) in [5, 5.41) is 2.75. The van der Waals surface area contributed by atoms with Gasteiger partial charge in [-0.3, -0.25) is 9.59 Å². The van der Waals surface area contributed by atoms with E-state index in [1.165, 1.54) is 0 Å². The van der Waals surface area contributed by atoms with E-state index in [1.807, 2.05) is 0 Å². The third-order valence-corrected chi connectivity index (χ3v) is 3.92. The van der Waals surface area contributed by atoms with E-state index < -0.39 is 12.1 Å². The molecule has 3 unspecified atom stereocenters. The number of nitrogens with one attached hydrogen (secondary N) is 1. The standard InChI is InChI=1S/C14H24N2O4/c1-10(20-9-11-5-3-4-8-19-11)13(17)15-12-6-7-16(2)14(12)18/h10-12H,3-9H2,1-2H3,(H,15,17). The van der Waals surface area contributed by atoms with E-state index >= 15 is 0 Å². The number of hydrogen-bond donors (Lipinski definition) is 1. The summed E-state index contributed by atoms with van der Waals surface area (Å²) in [7, 11) is 1.74. The fourth-order valence-corrected chi connectivity index (χ4v) is 2.51. The van der Waals surface area contributed by atoms with Gasteiger partial charge in [-0.25, -0.2) is 0 Å². The number of amides is 2. The normalized spacial score (nSPS) is 28.5. The van der Waals surface area contributed by atoms with Crippen LogP contribution in [0.15, 0.2) is 0 Å². The largest absolute Gasteiger partial charge is 0.376 e. The summed E-state index contributed by atoms with van der Waals surface area (Å²) in [5.41, 5.74) is 0. The number of likely N-dealkylation sites (N-methyl/N-ethyl adjacent to an activating group) is 1. The molecule has 2 amide bonds.